The molecule has 3 rings (SSSR count). The van der Waals surface area contributed by atoms with Crippen molar-refractivity contribution in [2.75, 3.05) is 5.32 Å². The van der Waals surface area contributed by atoms with Crippen LogP contribution in [0.25, 0.3) is 11.0 Å². The van der Waals surface area contributed by atoms with E-state index in [9.17, 15) is 4.79 Å². The summed E-state index contributed by atoms with van der Waals surface area (Å²) in [5.74, 6) is 0.599. The molecule has 0 spiro atoms. The molecule has 4 N–H and O–H groups in total. The second-order valence-electron chi connectivity index (χ2n) is 5.12. The fraction of sp³-hybridized carbons (Fsp3) is 0.583. The van der Waals surface area contributed by atoms with Crippen molar-refractivity contribution in [3.8, 4) is 0 Å². The fourth-order valence-corrected chi connectivity index (χ4v) is 2.58. The van der Waals surface area contributed by atoms with Crippen molar-refractivity contribution < 1.29 is 0 Å². The van der Waals surface area contributed by atoms with E-state index in [4.69, 9.17) is 5.73 Å². The van der Waals surface area contributed by atoms with E-state index < -0.39 is 0 Å². The third-order valence-corrected chi connectivity index (χ3v) is 3.73. The molecule has 0 unspecified atom stereocenters. The predicted molar refractivity (Wildman–Crippen MR) is 73.0 cm³/mol. The first kappa shape index (κ1) is 12.2. The molecule has 0 radical (unpaired) electrons. The van der Waals surface area contributed by atoms with Crippen LogP contribution >= 0.6 is 0 Å². The van der Waals surface area contributed by atoms with Gasteiger partial charge in [-0.3, -0.25) is 4.79 Å². The Morgan fingerprint density at radius 3 is 3.05 bits per heavy atom. The molecule has 7 nitrogen and oxygen atoms in total. The molecule has 1 aliphatic carbocycles. The number of aryl methyl sites for hydroxylation is 1. The smallest absolute Gasteiger partial charge is 0.294 e. The minimum absolute atomic E-state index is 0.142. The molecule has 0 saturated heterocycles. The van der Waals surface area contributed by atoms with Crippen molar-refractivity contribution in [3.63, 3.8) is 0 Å². The van der Waals surface area contributed by atoms with Gasteiger partial charge < -0.3 is 16.0 Å². The quantitative estimate of drug-likeness (QED) is 0.724. The second-order valence-corrected chi connectivity index (χ2v) is 5.12. The number of aromatic nitrogens is 4. The Morgan fingerprint density at radius 1 is 1.47 bits per heavy atom. The van der Waals surface area contributed by atoms with Gasteiger partial charge in [0.25, 0.3) is 5.56 Å². The molecule has 1 fully saturated rings. The van der Waals surface area contributed by atoms with Gasteiger partial charge in [0.2, 0.25) is 5.95 Å². The minimum atomic E-state index is -0.199. The number of H-pyrrole nitrogens is 1. The van der Waals surface area contributed by atoms with E-state index in [1.54, 1.807) is 13.2 Å². The van der Waals surface area contributed by atoms with Gasteiger partial charge in [-0.25, -0.2) is 9.67 Å². The number of aromatic amines is 1. The number of hydrogen-bond donors (Lipinski definition) is 3. The van der Waals surface area contributed by atoms with Gasteiger partial charge in [0.1, 0.15) is 0 Å². The Kier molecular flexibility index (Phi) is 2.98. The summed E-state index contributed by atoms with van der Waals surface area (Å²) in [6, 6.07) is 0.356. The standard InChI is InChI=1S/C12H18N6O/c1-18-11(19)10-9(6-14-18)16-12(17-10)15-8-5-3-2-4-7(8)13/h6-8H,2-5,13H2,1H3,(H2,15,16,17)/t7-,8+/m0/s1. The van der Waals surface area contributed by atoms with E-state index in [1.165, 1.54) is 17.5 Å². The van der Waals surface area contributed by atoms with Crippen LogP contribution < -0.4 is 16.6 Å². The van der Waals surface area contributed by atoms with Crippen molar-refractivity contribution in [2.24, 2.45) is 12.8 Å². The third-order valence-electron chi connectivity index (χ3n) is 3.73. The van der Waals surface area contributed by atoms with Crippen LogP contribution in [0.3, 0.4) is 0 Å². The van der Waals surface area contributed by atoms with Crippen LogP contribution in [0, 0.1) is 0 Å². The van der Waals surface area contributed by atoms with Crippen molar-refractivity contribution in [2.45, 2.75) is 37.8 Å². The number of fused-ring (bicyclic) bond motifs is 1. The van der Waals surface area contributed by atoms with Gasteiger partial charge in [0.05, 0.1) is 11.7 Å². The van der Waals surface area contributed by atoms with E-state index in [-0.39, 0.29) is 17.6 Å². The van der Waals surface area contributed by atoms with Crippen LogP contribution in [-0.2, 0) is 7.05 Å². The highest BCUT2D eigenvalue weighted by atomic mass is 16.1. The van der Waals surface area contributed by atoms with Gasteiger partial charge in [-0.2, -0.15) is 5.10 Å². The lowest BCUT2D eigenvalue weighted by Gasteiger charge is -2.28. The average molecular weight is 262 g/mol. The first-order valence-electron chi connectivity index (χ1n) is 6.59. The predicted octanol–water partition coefficient (Wildman–Crippen LogP) is 0.338. The Hall–Kier alpha value is -1.89. The van der Waals surface area contributed by atoms with Crippen LogP contribution in [0.15, 0.2) is 11.0 Å². The Morgan fingerprint density at radius 2 is 2.26 bits per heavy atom. The maximum atomic E-state index is 11.9. The summed E-state index contributed by atoms with van der Waals surface area (Å²) >= 11 is 0. The topological polar surface area (TPSA) is 102 Å². The lowest BCUT2D eigenvalue weighted by atomic mass is 9.91. The number of imidazole rings is 1. The molecule has 102 valence electrons. The Labute approximate surface area is 110 Å². The highest BCUT2D eigenvalue weighted by Crippen LogP contribution is 2.20. The van der Waals surface area contributed by atoms with Crippen molar-refractivity contribution in [1.82, 2.24) is 19.7 Å². The molecule has 2 aromatic heterocycles. The molecule has 0 aliphatic heterocycles. The summed E-state index contributed by atoms with van der Waals surface area (Å²) in [6.45, 7) is 0. The summed E-state index contributed by atoms with van der Waals surface area (Å²) in [7, 11) is 1.61. The molecular formula is C12H18N6O. The van der Waals surface area contributed by atoms with Crippen molar-refractivity contribution in [1.29, 1.82) is 0 Å². The lowest BCUT2D eigenvalue weighted by Crippen LogP contribution is -2.42. The van der Waals surface area contributed by atoms with Gasteiger partial charge in [-0.05, 0) is 12.8 Å². The van der Waals surface area contributed by atoms with Gasteiger partial charge in [-0.15, -0.1) is 0 Å². The third kappa shape index (κ3) is 2.21. The number of nitrogens with zero attached hydrogens (tertiary/aromatic N) is 3. The molecule has 2 heterocycles. The molecule has 1 saturated carbocycles. The molecule has 0 aromatic carbocycles. The zero-order valence-corrected chi connectivity index (χ0v) is 10.9. The normalized spacial score (nSPS) is 23.7. The lowest BCUT2D eigenvalue weighted by molar-refractivity contribution is 0.403. The first-order valence-corrected chi connectivity index (χ1v) is 6.59. The van der Waals surface area contributed by atoms with Crippen LogP contribution in [0.1, 0.15) is 25.7 Å². The van der Waals surface area contributed by atoms with Gasteiger partial charge in [-0.1, -0.05) is 12.8 Å². The molecule has 1 aliphatic rings. The number of nitrogens with two attached hydrogens (primary N) is 1. The number of anilines is 1. The van der Waals surface area contributed by atoms with Crippen LogP contribution in [0.5, 0.6) is 0 Å². The second kappa shape index (κ2) is 4.65. The average Bonchev–Trinajstić information content (AvgIpc) is 2.80. The van der Waals surface area contributed by atoms with Crippen LogP contribution in [0.4, 0.5) is 5.95 Å². The van der Waals surface area contributed by atoms with E-state index in [1.807, 2.05) is 0 Å². The zero-order valence-electron chi connectivity index (χ0n) is 10.9. The minimum Gasteiger partial charge on any atom is -0.352 e. The summed E-state index contributed by atoms with van der Waals surface area (Å²) in [5.41, 5.74) is 6.95. The molecule has 0 amide bonds. The summed E-state index contributed by atoms with van der Waals surface area (Å²) in [5, 5.41) is 7.26. The number of hydrogen-bond acceptors (Lipinski definition) is 5. The maximum absolute atomic E-state index is 11.9. The largest absolute Gasteiger partial charge is 0.352 e. The van der Waals surface area contributed by atoms with Gasteiger partial charge in [0.15, 0.2) is 5.52 Å². The van der Waals surface area contributed by atoms with Gasteiger partial charge >= 0.3 is 0 Å². The Bertz CT molecular complexity index is 645. The van der Waals surface area contributed by atoms with E-state index in [2.05, 4.69) is 20.4 Å². The highest BCUT2D eigenvalue weighted by Gasteiger charge is 2.22. The van der Waals surface area contributed by atoms with E-state index in [0.29, 0.717) is 17.0 Å². The first-order chi connectivity index (χ1) is 9.15. The maximum Gasteiger partial charge on any atom is 0.294 e. The number of rotatable bonds is 2. The molecule has 19 heavy (non-hydrogen) atoms. The number of nitrogens with one attached hydrogen (secondary N) is 2. The van der Waals surface area contributed by atoms with Crippen molar-refractivity contribution >= 4 is 17.0 Å². The molecule has 0 bridgehead atoms. The SMILES string of the molecule is Cn1ncc2[nH]c(N[C@@H]3CCCC[C@@H]3N)nc2c1=O. The Balaban J connectivity index is 1.89. The van der Waals surface area contributed by atoms with Crippen LogP contribution in [0.2, 0.25) is 0 Å². The molecule has 2 aromatic rings. The molecule has 2 atom stereocenters. The summed E-state index contributed by atoms with van der Waals surface area (Å²) in [6.07, 6.45) is 6.03. The summed E-state index contributed by atoms with van der Waals surface area (Å²) < 4.78 is 1.28. The highest BCUT2D eigenvalue weighted by molar-refractivity contribution is 5.75. The fourth-order valence-electron chi connectivity index (χ4n) is 2.58. The summed E-state index contributed by atoms with van der Waals surface area (Å²) in [4.78, 5) is 19.2. The monoisotopic (exact) mass is 262 g/mol. The zero-order chi connectivity index (χ0) is 13.4. The molecular weight excluding hydrogens is 244 g/mol. The van der Waals surface area contributed by atoms with Crippen molar-refractivity contribution in [3.05, 3.63) is 16.6 Å². The van der Waals surface area contributed by atoms with Gasteiger partial charge in [0, 0.05) is 19.1 Å². The van der Waals surface area contributed by atoms with Crippen LogP contribution in [-0.4, -0.2) is 31.8 Å². The van der Waals surface area contributed by atoms with E-state index in [0.717, 1.165) is 12.8 Å². The van der Waals surface area contributed by atoms with E-state index >= 15 is 0 Å². The molecule has 7 heteroatoms.